The van der Waals surface area contributed by atoms with Crippen LogP contribution < -0.4 is 0 Å². The Morgan fingerprint density at radius 1 is 1.13 bits per heavy atom. The number of para-hydroxylation sites is 1. The fraction of sp³-hybridized carbons (Fsp3) is 0.188. The summed E-state index contributed by atoms with van der Waals surface area (Å²) in [6, 6.07) is 15.7. The smallest absolute Gasteiger partial charge is 0.169 e. The molecule has 0 aliphatic rings. The standard InChI is InChI=1S/C16H15FN4OS/c1-12(14-9-5-6-10-15(14)17)23(22)11-16-18-19-20-21(16)13-7-3-2-4-8-13/h2-10,12H,11H2,1H3/t12-,23-/m0/s1. The molecule has 0 N–H and O–H groups in total. The van der Waals surface area contributed by atoms with Crippen molar-refractivity contribution in [3.05, 3.63) is 71.8 Å². The molecule has 5 nitrogen and oxygen atoms in total. The first-order valence-corrected chi connectivity index (χ1v) is 8.49. The van der Waals surface area contributed by atoms with Crippen molar-refractivity contribution in [1.82, 2.24) is 20.2 Å². The van der Waals surface area contributed by atoms with Crippen LogP contribution in [0.1, 0.15) is 23.6 Å². The highest BCUT2D eigenvalue weighted by atomic mass is 32.2. The summed E-state index contributed by atoms with van der Waals surface area (Å²) in [5.41, 5.74) is 1.23. The van der Waals surface area contributed by atoms with E-state index in [0.717, 1.165) is 5.69 Å². The number of rotatable bonds is 5. The fourth-order valence-corrected chi connectivity index (χ4v) is 3.42. The van der Waals surface area contributed by atoms with Gasteiger partial charge in [-0.05, 0) is 35.5 Å². The van der Waals surface area contributed by atoms with Gasteiger partial charge in [0.1, 0.15) is 5.82 Å². The highest BCUT2D eigenvalue weighted by molar-refractivity contribution is 7.84. The molecular weight excluding hydrogens is 315 g/mol. The summed E-state index contributed by atoms with van der Waals surface area (Å²) in [6.45, 7) is 1.74. The van der Waals surface area contributed by atoms with E-state index >= 15 is 0 Å². The molecule has 1 heterocycles. The highest BCUT2D eigenvalue weighted by Gasteiger charge is 2.20. The zero-order valence-electron chi connectivity index (χ0n) is 12.5. The number of tetrazole rings is 1. The predicted molar refractivity (Wildman–Crippen MR) is 85.8 cm³/mol. The van der Waals surface area contributed by atoms with E-state index in [1.165, 1.54) is 6.07 Å². The first kappa shape index (κ1) is 15.5. The Morgan fingerprint density at radius 3 is 2.57 bits per heavy atom. The van der Waals surface area contributed by atoms with Gasteiger partial charge in [0.05, 0.1) is 16.7 Å². The van der Waals surface area contributed by atoms with Crippen molar-refractivity contribution in [3.8, 4) is 5.69 Å². The molecule has 0 amide bonds. The molecule has 0 radical (unpaired) electrons. The monoisotopic (exact) mass is 330 g/mol. The van der Waals surface area contributed by atoms with Crippen LogP contribution in [-0.2, 0) is 16.6 Å². The topological polar surface area (TPSA) is 60.7 Å². The molecule has 0 saturated carbocycles. The first-order chi connectivity index (χ1) is 11.2. The first-order valence-electron chi connectivity index (χ1n) is 7.11. The molecule has 23 heavy (non-hydrogen) atoms. The molecule has 0 unspecified atom stereocenters. The van der Waals surface area contributed by atoms with Crippen molar-refractivity contribution >= 4 is 10.8 Å². The zero-order chi connectivity index (χ0) is 16.2. The third-order valence-electron chi connectivity index (χ3n) is 3.54. The van der Waals surface area contributed by atoms with Crippen LogP contribution >= 0.6 is 0 Å². The predicted octanol–water partition coefficient (Wildman–Crippen LogP) is 2.81. The van der Waals surface area contributed by atoms with Gasteiger partial charge in [-0.1, -0.05) is 36.4 Å². The van der Waals surface area contributed by atoms with Gasteiger partial charge in [0.25, 0.3) is 0 Å². The van der Waals surface area contributed by atoms with Gasteiger partial charge in [0.15, 0.2) is 5.82 Å². The van der Waals surface area contributed by atoms with Crippen molar-refractivity contribution in [2.45, 2.75) is 17.9 Å². The van der Waals surface area contributed by atoms with E-state index in [4.69, 9.17) is 0 Å². The Hall–Kier alpha value is -2.41. The molecular formula is C16H15FN4OS. The average Bonchev–Trinajstić information content (AvgIpc) is 3.03. The van der Waals surface area contributed by atoms with E-state index in [1.54, 1.807) is 29.8 Å². The number of benzene rings is 2. The molecule has 2 aromatic carbocycles. The van der Waals surface area contributed by atoms with Crippen molar-refractivity contribution in [2.24, 2.45) is 0 Å². The van der Waals surface area contributed by atoms with Crippen molar-refractivity contribution in [1.29, 1.82) is 0 Å². The van der Waals surface area contributed by atoms with Crippen LogP contribution in [0.3, 0.4) is 0 Å². The normalized spacial score (nSPS) is 13.7. The van der Waals surface area contributed by atoms with Crippen LogP contribution in [0.5, 0.6) is 0 Å². The number of hydrogen-bond donors (Lipinski definition) is 0. The second-order valence-corrected chi connectivity index (χ2v) is 6.79. The van der Waals surface area contributed by atoms with Crippen molar-refractivity contribution in [3.63, 3.8) is 0 Å². The van der Waals surface area contributed by atoms with Gasteiger partial charge in [-0.3, -0.25) is 4.21 Å². The van der Waals surface area contributed by atoms with Gasteiger partial charge in [-0.15, -0.1) is 5.10 Å². The minimum atomic E-state index is -1.34. The minimum absolute atomic E-state index is 0.150. The third kappa shape index (κ3) is 3.34. The summed E-state index contributed by atoms with van der Waals surface area (Å²) in [7, 11) is -1.34. The number of nitrogens with zero attached hydrogens (tertiary/aromatic N) is 4. The summed E-state index contributed by atoms with van der Waals surface area (Å²) in [6.07, 6.45) is 0. The maximum absolute atomic E-state index is 13.8. The zero-order valence-corrected chi connectivity index (χ0v) is 13.3. The highest BCUT2D eigenvalue weighted by Crippen LogP contribution is 2.24. The molecule has 0 aliphatic heterocycles. The van der Waals surface area contributed by atoms with E-state index in [1.807, 2.05) is 30.3 Å². The van der Waals surface area contributed by atoms with Gasteiger partial charge in [0.2, 0.25) is 0 Å². The number of aromatic nitrogens is 4. The maximum Gasteiger partial charge on any atom is 0.169 e. The Morgan fingerprint density at radius 2 is 1.83 bits per heavy atom. The lowest BCUT2D eigenvalue weighted by molar-refractivity contribution is 0.606. The van der Waals surface area contributed by atoms with Crippen LogP contribution in [-0.4, -0.2) is 24.4 Å². The summed E-state index contributed by atoms with van der Waals surface area (Å²) in [4.78, 5) is 0. The van der Waals surface area contributed by atoms with Crippen molar-refractivity contribution in [2.75, 3.05) is 0 Å². The molecule has 0 saturated heterocycles. The van der Waals surface area contributed by atoms with Crippen LogP contribution in [0.2, 0.25) is 0 Å². The number of halogens is 1. The van der Waals surface area contributed by atoms with Gasteiger partial charge in [0, 0.05) is 16.4 Å². The third-order valence-corrected chi connectivity index (χ3v) is 5.13. The van der Waals surface area contributed by atoms with E-state index in [-0.39, 0.29) is 11.6 Å². The van der Waals surface area contributed by atoms with E-state index < -0.39 is 16.0 Å². The Kier molecular flexibility index (Phi) is 4.57. The van der Waals surface area contributed by atoms with Gasteiger partial charge in [-0.25, -0.2) is 4.39 Å². The quantitative estimate of drug-likeness (QED) is 0.722. The summed E-state index contributed by atoms with van der Waals surface area (Å²) < 4.78 is 28.0. The largest absolute Gasteiger partial charge is 0.258 e. The van der Waals surface area contributed by atoms with Crippen LogP contribution in [0.25, 0.3) is 5.69 Å². The molecule has 0 bridgehead atoms. The van der Waals surface area contributed by atoms with Gasteiger partial charge >= 0.3 is 0 Å². The van der Waals surface area contributed by atoms with E-state index in [0.29, 0.717) is 11.4 Å². The van der Waals surface area contributed by atoms with Gasteiger partial charge in [-0.2, -0.15) is 4.68 Å². The van der Waals surface area contributed by atoms with E-state index in [2.05, 4.69) is 15.5 Å². The molecule has 1 aromatic heterocycles. The minimum Gasteiger partial charge on any atom is -0.258 e. The summed E-state index contributed by atoms with van der Waals surface area (Å²) in [5.74, 6) is 0.283. The average molecular weight is 330 g/mol. The Balaban J connectivity index is 1.82. The maximum atomic E-state index is 13.8. The molecule has 3 aromatic rings. The molecule has 118 valence electrons. The molecule has 2 atom stereocenters. The molecule has 0 aliphatic carbocycles. The van der Waals surface area contributed by atoms with Crippen LogP contribution in [0.15, 0.2) is 54.6 Å². The SMILES string of the molecule is C[C@@H](c1ccccc1F)[S@@](=O)Cc1nnnn1-c1ccccc1. The lowest BCUT2D eigenvalue weighted by Gasteiger charge is -2.12. The Bertz CT molecular complexity index is 822. The molecule has 0 fully saturated rings. The lowest BCUT2D eigenvalue weighted by atomic mass is 10.1. The van der Waals surface area contributed by atoms with E-state index in [9.17, 15) is 8.60 Å². The second kappa shape index (κ2) is 6.78. The van der Waals surface area contributed by atoms with Crippen LogP contribution in [0, 0.1) is 5.82 Å². The molecule has 3 rings (SSSR count). The van der Waals surface area contributed by atoms with Crippen LogP contribution in [0.4, 0.5) is 4.39 Å². The number of hydrogen-bond acceptors (Lipinski definition) is 4. The Labute approximate surface area is 135 Å². The summed E-state index contributed by atoms with van der Waals surface area (Å²) >= 11 is 0. The van der Waals surface area contributed by atoms with Gasteiger partial charge < -0.3 is 0 Å². The fourth-order valence-electron chi connectivity index (χ4n) is 2.26. The summed E-state index contributed by atoms with van der Waals surface area (Å²) in [5, 5.41) is 11.1. The lowest BCUT2D eigenvalue weighted by Crippen LogP contribution is -2.11. The van der Waals surface area contributed by atoms with Crippen molar-refractivity contribution < 1.29 is 8.60 Å². The molecule has 0 spiro atoms. The second-order valence-electron chi connectivity index (χ2n) is 5.03. The molecule has 7 heteroatoms.